The molecule has 0 aliphatic rings. The molecule has 0 unspecified atom stereocenters. The summed E-state index contributed by atoms with van der Waals surface area (Å²) in [6.07, 6.45) is 5.08. The third-order valence-electron chi connectivity index (χ3n) is 0.684. The molecule has 52 valence electrons. The largest absolute Gasteiger partial charge is 0.0906 e. The average Bonchev–Trinajstić information content (AvgIpc) is 2.03. The molecule has 0 aromatic rings. The molecule has 0 radical (unpaired) electrons. The van der Waals surface area contributed by atoms with Crippen molar-refractivity contribution in [2.45, 2.75) is 6.92 Å². The molecule has 0 aliphatic heterocycles. The lowest BCUT2D eigenvalue weighted by Crippen LogP contribution is -1.52. The van der Waals surface area contributed by atoms with E-state index in [9.17, 15) is 0 Å². The second-order valence-electron chi connectivity index (χ2n) is 1.49. The maximum atomic E-state index is 3.42. The summed E-state index contributed by atoms with van der Waals surface area (Å²) in [6.45, 7) is 5.32. The van der Waals surface area contributed by atoms with Crippen LogP contribution in [0.4, 0.5) is 0 Å². The fourth-order valence-electron chi connectivity index (χ4n) is 0.311. The van der Waals surface area contributed by atoms with Crippen LogP contribution in [0, 0.1) is 35.5 Å². The van der Waals surface area contributed by atoms with E-state index in [0.717, 1.165) is 0 Å². The Kier molecular flexibility index (Phi) is 6.80. The normalized spacial score (nSPS) is 6.27. The van der Waals surface area contributed by atoms with Crippen molar-refractivity contribution in [2.75, 3.05) is 0 Å². The Morgan fingerprint density at radius 1 is 1.00 bits per heavy atom. The van der Waals surface area contributed by atoms with Gasteiger partial charge >= 0.3 is 0 Å². The van der Waals surface area contributed by atoms with Gasteiger partial charge in [0.2, 0.25) is 0 Å². The number of hydrogen-bond donors (Lipinski definition) is 0. The maximum Gasteiger partial charge on any atom is -0.000697 e. The smallest absolute Gasteiger partial charge is 0.000697 e. The van der Waals surface area contributed by atoms with Gasteiger partial charge in [0.15, 0.2) is 0 Å². The molecule has 0 spiro atoms. The van der Waals surface area contributed by atoms with Crippen molar-refractivity contribution in [3.63, 3.8) is 0 Å². The van der Waals surface area contributed by atoms with Gasteiger partial charge in [0, 0.05) is 0 Å². The van der Waals surface area contributed by atoms with E-state index < -0.39 is 0 Å². The Morgan fingerprint density at radius 2 is 1.64 bits per heavy atom. The molecule has 0 aliphatic carbocycles. The first kappa shape index (κ1) is 9.16. The molecule has 0 saturated carbocycles. The molecule has 0 aromatic heterocycles. The van der Waals surface area contributed by atoms with Gasteiger partial charge in [0.1, 0.15) is 0 Å². The van der Waals surface area contributed by atoms with Crippen molar-refractivity contribution in [3.05, 3.63) is 24.8 Å². The van der Waals surface area contributed by atoms with Crippen LogP contribution in [0.5, 0.6) is 0 Å². The molecule has 0 amide bonds. The molecule has 0 saturated heterocycles. The fourth-order valence-corrected chi connectivity index (χ4v) is 0.311. The van der Waals surface area contributed by atoms with Gasteiger partial charge in [-0.2, -0.15) is 0 Å². The van der Waals surface area contributed by atoms with Gasteiger partial charge in [-0.25, -0.2) is 0 Å². The highest BCUT2D eigenvalue weighted by molar-refractivity contribution is 5.38. The summed E-state index contributed by atoms with van der Waals surface area (Å²) in [5.41, 5.74) is 0. The molecule has 0 heterocycles. The lowest BCUT2D eigenvalue weighted by molar-refractivity contribution is 1.76. The zero-order valence-electron chi connectivity index (χ0n) is 6.44. The van der Waals surface area contributed by atoms with Gasteiger partial charge in [-0.3, -0.25) is 0 Å². The molecule has 0 heteroatoms. The van der Waals surface area contributed by atoms with Crippen LogP contribution in [0.2, 0.25) is 0 Å². The van der Waals surface area contributed by atoms with E-state index in [4.69, 9.17) is 0 Å². The number of hydrogen-bond acceptors (Lipinski definition) is 0. The van der Waals surface area contributed by atoms with Gasteiger partial charge in [-0.1, -0.05) is 24.5 Å². The minimum absolute atomic E-state index is 1.49. The third-order valence-corrected chi connectivity index (χ3v) is 0.684. The van der Waals surface area contributed by atoms with E-state index in [1.54, 1.807) is 6.08 Å². The molecule has 0 atom stereocenters. The standard InChI is InChI=1S/C11H8/c1-3-5-7-9-11-10-8-6-4-2/h3-4,6H,1H2,2H3/b6-4+. The molecule has 0 nitrogen and oxygen atoms in total. The highest BCUT2D eigenvalue weighted by atomic mass is 13.6. The van der Waals surface area contributed by atoms with Crippen LogP contribution >= 0.6 is 0 Å². The third kappa shape index (κ3) is 8.16. The van der Waals surface area contributed by atoms with Crippen molar-refractivity contribution < 1.29 is 0 Å². The van der Waals surface area contributed by atoms with Crippen LogP contribution < -0.4 is 0 Å². The van der Waals surface area contributed by atoms with Gasteiger partial charge < -0.3 is 0 Å². The summed E-state index contributed by atoms with van der Waals surface area (Å²) in [6, 6.07) is 0. The van der Waals surface area contributed by atoms with E-state index in [1.165, 1.54) is 6.08 Å². The quantitative estimate of drug-likeness (QED) is 0.450. The molecule has 0 rings (SSSR count). The highest BCUT2D eigenvalue weighted by Gasteiger charge is 1.54. The van der Waals surface area contributed by atoms with Crippen LogP contribution in [-0.2, 0) is 0 Å². The SMILES string of the molecule is C=CC#CC#CC#C/C=C/C. The first-order valence-electron chi connectivity index (χ1n) is 3.15. The summed E-state index contributed by atoms with van der Waals surface area (Å²) < 4.78 is 0. The van der Waals surface area contributed by atoms with E-state index in [1.807, 2.05) is 13.0 Å². The molecular formula is C11H8. The molecule has 0 N–H and O–H groups in total. The zero-order valence-corrected chi connectivity index (χ0v) is 6.44. The second-order valence-corrected chi connectivity index (χ2v) is 1.49. The van der Waals surface area contributed by atoms with Crippen LogP contribution in [0.15, 0.2) is 24.8 Å². The van der Waals surface area contributed by atoms with Crippen LogP contribution in [0.1, 0.15) is 6.92 Å². The first-order chi connectivity index (χ1) is 5.41. The van der Waals surface area contributed by atoms with Gasteiger partial charge in [-0.15, -0.1) is 0 Å². The van der Waals surface area contributed by atoms with Crippen molar-refractivity contribution in [1.29, 1.82) is 0 Å². The van der Waals surface area contributed by atoms with Crippen molar-refractivity contribution in [3.8, 4) is 35.5 Å². The van der Waals surface area contributed by atoms with Crippen LogP contribution in [-0.4, -0.2) is 0 Å². The Labute approximate surface area is 68.0 Å². The summed E-state index contributed by atoms with van der Waals surface area (Å²) in [4.78, 5) is 0. The topological polar surface area (TPSA) is 0 Å². The van der Waals surface area contributed by atoms with Gasteiger partial charge in [-0.05, 0) is 42.8 Å². The summed E-state index contributed by atoms with van der Waals surface area (Å²) in [5.74, 6) is 15.6. The predicted molar refractivity (Wildman–Crippen MR) is 48.3 cm³/mol. The Bertz CT molecular complexity index is 310. The van der Waals surface area contributed by atoms with E-state index in [-0.39, 0.29) is 0 Å². The monoisotopic (exact) mass is 140 g/mol. The molecular weight excluding hydrogens is 132 g/mol. The Morgan fingerprint density at radius 3 is 2.18 bits per heavy atom. The molecule has 0 fully saturated rings. The van der Waals surface area contributed by atoms with Crippen molar-refractivity contribution in [2.24, 2.45) is 0 Å². The summed E-state index contributed by atoms with van der Waals surface area (Å²) >= 11 is 0. The molecule has 0 aromatic carbocycles. The number of rotatable bonds is 0. The maximum absolute atomic E-state index is 3.42. The Balaban J connectivity index is 3.93. The molecule has 11 heavy (non-hydrogen) atoms. The first-order valence-corrected chi connectivity index (χ1v) is 3.15. The zero-order chi connectivity index (χ0) is 8.36. The summed E-state index contributed by atoms with van der Waals surface area (Å²) in [7, 11) is 0. The van der Waals surface area contributed by atoms with Crippen LogP contribution in [0.25, 0.3) is 0 Å². The van der Waals surface area contributed by atoms with Crippen molar-refractivity contribution >= 4 is 0 Å². The van der Waals surface area contributed by atoms with Gasteiger partial charge in [0.05, 0.1) is 0 Å². The lowest BCUT2D eigenvalue weighted by Gasteiger charge is -1.58. The average molecular weight is 140 g/mol. The highest BCUT2D eigenvalue weighted by Crippen LogP contribution is 1.63. The molecule has 0 bridgehead atoms. The predicted octanol–water partition coefficient (Wildman–Crippen LogP) is 1.76. The van der Waals surface area contributed by atoms with Crippen LogP contribution in [0.3, 0.4) is 0 Å². The summed E-state index contributed by atoms with van der Waals surface area (Å²) in [5, 5.41) is 0. The van der Waals surface area contributed by atoms with E-state index >= 15 is 0 Å². The van der Waals surface area contributed by atoms with E-state index in [2.05, 4.69) is 42.1 Å². The minimum atomic E-state index is 1.49. The lowest BCUT2D eigenvalue weighted by atomic mass is 10.5. The second kappa shape index (κ2) is 8.16. The Hall–Kier alpha value is -1.84. The minimum Gasteiger partial charge on any atom is -0.0906 e. The van der Waals surface area contributed by atoms with E-state index in [0.29, 0.717) is 0 Å². The van der Waals surface area contributed by atoms with Gasteiger partial charge in [0.25, 0.3) is 0 Å². The fraction of sp³-hybridized carbons (Fsp3) is 0.0909. The number of allylic oxidation sites excluding steroid dienone is 3. The van der Waals surface area contributed by atoms with Crippen molar-refractivity contribution in [1.82, 2.24) is 0 Å².